The molecule has 2 nitrogen and oxygen atoms in total. The summed E-state index contributed by atoms with van der Waals surface area (Å²) in [5.74, 6) is -2.75. The average Bonchev–Trinajstić information content (AvgIpc) is 1.97. The summed E-state index contributed by atoms with van der Waals surface area (Å²) in [4.78, 5) is 0. The van der Waals surface area contributed by atoms with Crippen molar-refractivity contribution < 1.29 is 13.3 Å². The number of quaternary nitrogens is 1. The molecule has 0 saturated heterocycles. The van der Waals surface area contributed by atoms with E-state index in [4.69, 9.17) is 23.6 Å². The van der Waals surface area contributed by atoms with E-state index in [-0.39, 0.29) is 12.8 Å². The van der Waals surface area contributed by atoms with E-state index in [1.54, 1.807) is 13.8 Å². The second kappa shape index (κ2) is 5.34. The van der Waals surface area contributed by atoms with Gasteiger partial charge in [0.05, 0.1) is 39.6 Å². The molecule has 0 heterocycles. The Hall–Kier alpha value is 0.360. The van der Waals surface area contributed by atoms with Crippen LogP contribution in [0.3, 0.4) is 0 Å². The number of nitrogens with zero attached hydrogens (tertiary/aromatic N) is 2. The predicted molar refractivity (Wildman–Crippen MR) is 64.7 cm³/mol. The minimum Gasteiger partial charge on any atom is -0.331 e. The first-order chi connectivity index (χ1) is 6.86. The van der Waals surface area contributed by atoms with Crippen LogP contribution in [0, 0.1) is 0 Å². The van der Waals surface area contributed by atoms with Crippen LogP contribution in [-0.4, -0.2) is 47.6 Å². The van der Waals surface area contributed by atoms with E-state index in [2.05, 4.69) is 0 Å². The van der Waals surface area contributed by atoms with Gasteiger partial charge in [-0.3, -0.25) is 0 Å². The number of rotatable bonds is 6. The summed E-state index contributed by atoms with van der Waals surface area (Å²) in [5.41, 5.74) is -0.933. The van der Waals surface area contributed by atoms with E-state index in [0.29, 0.717) is 11.0 Å². The molecule has 0 aromatic heterocycles. The molecule has 0 aromatic carbocycles. The molecular weight excluding hydrogens is 257 g/mol. The van der Waals surface area contributed by atoms with Crippen molar-refractivity contribution in [3.8, 4) is 0 Å². The van der Waals surface area contributed by atoms with E-state index < -0.39 is 11.5 Å². The Balaban J connectivity index is 4.35. The van der Waals surface area contributed by atoms with Gasteiger partial charge in [0.1, 0.15) is 0 Å². The van der Waals surface area contributed by atoms with E-state index >= 15 is 0 Å². The zero-order valence-corrected chi connectivity index (χ0v) is 12.0. The summed E-state index contributed by atoms with van der Waals surface area (Å²) in [7, 11) is 5.66. The Morgan fingerprint density at radius 3 is 1.88 bits per heavy atom. The molecule has 0 rings (SSSR count). The first-order valence-electron chi connectivity index (χ1n) is 5.16. The highest BCUT2D eigenvalue weighted by Crippen LogP contribution is 2.34. The monoisotopic (exact) mass is 277 g/mol. The Morgan fingerprint density at radius 1 is 1.12 bits per heavy atom. The highest BCUT2D eigenvalue weighted by Gasteiger charge is 2.40. The van der Waals surface area contributed by atoms with Gasteiger partial charge in [-0.15, -0.1) is 3.94 Å². The molecule has 0 aliphatic carbocycles. The fourth-order valence-corrected chi connectivity index (χ4v) is 1.40. The van der Waals surface area contributed by atoms with E-state index in [1.165, 1.54) is 0 Å². The Morgan fingerprint density at radius 2 is 1.56 bits per heavy atom. The molecule has 0 fully saturated rings. The van der Waals surface area contributed by atoms with Crippen molar-refractivity contribution in [2.24, 2.45) is 0 Å². The molecule has 0 atom stereocenters. The normalized spacial score (nSPS) is 14.6. The van der Waals surface area contributed by atoms with Crippen LogP contribution >= 0.6 is 23.6 Å². The predicted octanol–water partition coefficient (Wildman–Crippen LogP) is 3.50. The maximum absolute atomic E-state index is 13.7. The summed E-state index contributed by atoms with van der Waals surface area (Å²) in [6, 6.07) is 0. The molecule has 0 spiro atoms. The second-order valence-electron chi connectivity index (χ2n) is 5.84. The molecule has 16 heavy (non-hydrogen) atoms. The molecule has 0 aliphatic rings. The van der Waals surface area contributed by atoms with Gasteiger partial charge in [0.2, 0.25) is 0 Å². The van der Waals surface area contributed by atoms with Crippen LogP contribution in [0.2, 0.25) is 0 Å². The molecule has 6 heteroatoms. The number of hydrogen-bond acceptors (Lipinski definition) is 1. The Kier molecular flexibility index (Phi) is 5.46. The van der Waals surface area contributed by atoms with E-state index in [0.717, 1.165) is 3.94 Å². The van der Waals surface area contributed by atoms with E-state index in [1.807, 2.05) is 21.1 Å². The van der Waals surface area contributed by atoms with Crippen LogP contribution in [0.5, 0.6) is 0 Å². The molecule has 0 radical (unpaired) electrons. The minimum atomic E-state index is -2.75. The third-order valence-electron chi connectivity index (χ3n) is 2.30. The molecule has 0 saturated carbocycles. The van der Waals surface area contributed by atoms with Crippen molar-refractivity contribution in [3.05, 3.63) is 0 Å². The van der Waals surface area contributed by atoms with Gasteiger partial charge in [0.15, 0.2) is 0 Å². The van der Waals surface area contributed by atoms with Crippen LogP contribution < -0.4 is 0 Å². The van der Waals surface area contributed by atoms with Gasteiger partial charge in [-0.1, -0.05) is 0 Å². The topological polar surface area (TPSA) is 3.24 Å². The standard InChI is InChI=1S/C10H21Cl2F2N2/c1-9(2,15(11)12)8-10(13,14)6-7-16(3,4)5/h6-8H2,1-5H3/q+1. The van der Waals surface area contributed by atoms with Crippen LogP contribution in [0.15, 0.2) is 0 Å². The van der Waals surface area contributed by atoms with Crippen LogP contribution in [0.1, 0.15) is 26.7 Å². The molecule has 0 aliphatic heterocycles. The summed E-state index contributed by atoms with van der Waals surface area (Å²) in [5, 5.41) is 0. The third kappa shape index (κ3) is 6.84. The molecular formula is C10H21Cl2F2N2+. The van der Waals surface area contributed by atoms with Gasteiger partial charge in [-0.2, -0.15) is 0 Å². The van der Waals surface area contributed by atoms with Crippen molar-refractivity contribution in [1.29, 1.82) is 0 Å². The Bertz CT molecular complexity index is 225. The molecule has 0 bridgehead atoms. The van der Waals surface area contributed by atoms with Crippen molar-refractivity contribution in [2.45, 2.75) is 38.2 Å². The summed E-state index contributed by atoms with van der Waals surface area (Å²) in [6.07, 6.45) is -0.519. The maximum atomic E-state index is 13.7. The summed E-state index contributed by atoms with van der Waals surface area (Å²) in [6.45, 7) is 3.59. The van der Waals surface area contributed by atoms with Crippen molar-refractivity contribution in [1.82, 2.24) is 3.94 Å². The smallest absolute Gasteiger partial charge is 0.255 e. The fraction of sp³-hybridized carbons (Fsp3) is 1.00. The number of halogens is 4. The quantitative estimate of drug-likeness (QED) is 0.531. The zero-order valence-electron chi connectivity index (χ0n) is 10.5. The van der Waals surface area contributed by atoms with Gasteiger partial charge in [0, 0.05) is 6.42 Å². The molecule has 0 aromatic rings. The van der Waals surface area contributed by atoms with Crippen molar-refractivity contribution >= 4 is 23.6 Å². The molecule has 0 amide bonds. The SMILES string of the molecule is CC(C)(CC(F)(F)CC[N+](C)(C)C)N(Cl)Cl. The fourth-order valence-electron chi connectivity index (χ4n) is 1.28. The lowest BCUT2D eigenvalue weighted by molar-refractivity contribution is -0.871. The minimum absolute atomic E-state index is 0.165. The second-order valence-corrected chi connectivity index (χ2v) is 6.69. The average molecular weight is 278 g/mol. The van der Waals surface area contributed by atoms with Crippen molar-refractivity contribution in [3.63, 3.8) is 0 Å². The highest BCUT2D eigenvalue weighted by molar-refractivity contribution is 6.34. The van der Waals surface area contributed by atoms with Gasteiger partial charge in [-0.25, -0.2) is 8.78 Å². The van der Waals surface area contributed by atoms with Gasteiger partial charge < -0.3 is 4.48 Å². The van der Waals surface area contributed by atoms with Gasteiger partial charge in [-0.05, 0) is 37.4 Å². The largest absolute Gasteiger partial charge is 0.331 e. The first kappa shape index (κ1) is 16.4. The first-order valence-corrected chi connectivity index (χ1v) is 5.83. The summed E-state index contributed by atoms with van der Waals surface area (Å²) < 4.78 is 28.6. The molecule has 0 unspecified atom stereocenters. The lowest BCUT2D eigenvalue weighted by Gasteiger charge is -2.33. The summed E-state index contributed by atoms with van der Waals surface area (Å²) >= 11 is 11.1. The van der Waals surface area contributed by atoms with Gasteiger partial charge in [0.25, 0.3) is 5.92 Å². The third-order valence-corrected chi connectivity index (χ3v) is 3.21. The van der Waals surface area contributed by atoms with Crippen molar-refractivity contribution in [2.75, 3.05) is 27.7 Å². The van der Waals surface area contributed by atoms with Gasteiger partial charge >= 0.3 is 0 Å². The molecule has 0 N–H and O–H groups in total. The van der Waals surface area contributed by atoms with Crippen LogP contribution in [0.25, 0.3) is 0 Å². The van der Waals surface area contributed by atoms with E-state index in [9.17, 15) is 8.78 Å². The lowest BCUT2D eigenvalue weighted by Crippen LogP contribution is -2.42. The number of hydrogen-bond donors (Lipinski definition) is 0. The van der Waals surface area contributed by atoms with Crippen LogP contribution in [-0.2, 0) is 0 Å². The zero-order chi connectivity index (χ0) is 13.2. The molecule has 98 valence electrons. The van der Waals surface area contributed by atoms with Crippen LogP contribution in [0.4, 0.5) is 8.78 Å². The lowest BCUT2D eigenvalue weighted by atomic mass is 9.95. The number of alkyl halides is 2. The Labute approximate surface area is 107 Å². The highest BCUT2D eigenvalue weighted by atomic mass is 35.5. The maximum Gasteiger partial charge on any atom is 0.255 e.